The first-order chi connectivity index (χ1) is 9.06. The van der Waals surface area contributed by atoms with Crippen LogP contribution in [0.1, 0.15) is 30.0 Å². The summed E-state index contributed by atoms with van der Waals surface area (Å²) in [6.07, 6.45) is 3.21. The van der Waals surface area contributed by atoms with E-state index in [9.17, 15) is 4.79 Å². The number of rotatable bonds is 5. The molecule has 0 saturated carbocycles. The van der Waals surface area contributed by atoms with Crippen LogP contribution in [0, 0.1) is 5.92 Å². The summed E-state index contributed by atoms with van der Waals surface area (Å²) < 4.78 is 1.77. The number of hydrogen-bond donors (Lipinski definition) is 0. The first-order valence-electron chi connectivity index (χ1n) is 6.07. The van der Waals surface area contributed by atoms with Gasteiger partial charge in [0.1, 0.15) is 17.3 Å². The van der Waals surface area contributed by atoms with Crippen LogP contribution in [0.5, 0.6) is 0 Å². The standard InChI is InChI=1S/C13H15ClN4O/c1-9(2)7-18-13(16-8-17-18)6-11(19)10-3-4-15-12(14)5-10/h3-5,8-9H,6-7H2,1-2H3. The minimum Gasteiger partial charge on any atom is -0.294 e. The Morgan fingerprint density at radius 3 is 2.89 bits per heavy atom. The third kappa shape index (κ3) is 3.61. The van der Waals surface area contributed by atoms with E-state index in [0.29, 0.717) is 22.5 Å². The molecule has 2 rings (SSSR count). The number of nitrogens with zero attached hydrogens (tertiary/aromatic N) is 4. The number of aromatic nitrogens is 4. The average molecular weight is 279 g/mol. The van der Waals surface area contributed by atoms with Crippen molar-refractivity contribution < 1.29 is 4.79 Å². The monoisotopic (exact) mass is 278 g/mol. The highest BCUT2D eigenvalue weighted by Gasteiger charge is 2.13. The molecule has 0 aliphatic carbocycles. The van der Waals surface area contributed by atoms with Crippen LogP contribution in [0.25, 0.3) is 0 Å². The molecule has 0 spiro atoms. The molecule has 0 amide bonds. The minimum absolute atomic E-state index is 0.0395. The van der Waals surface area contributed by atoms with Gasteiger partial charge in [0, 0.05) is 18.3 Å². The summed E-state index contributed by atoms with van der Waals surface area (Å²) >= 11 is 5.77. The van der Waals surface area contributed by atoms with E-state index in [1.807, 2.05) is 0 Å². The zero-order valence-corrected chi connectivity index (χ0v) is 11.6. The molecular weight excluding hydrogens is 264 g/mol. The zero-order valence-electron chi connectivity index (χ0n) is 10.9. The maximum atomic E-state index is 12.1. The van der Waals surface area contributed by atoms with E-state index in [1.165, 1.54) is 12.5 Å². The van der Waals surface area contributed by atoms with Gasteiger partial charge < -0.3 is 0 Å². The van der Waals surface area contributed by atoms with Crippen LogP contribution in [0.2, 0.25) is 5.15 Å². The van der Waals surface area contributed by atoms with Crippen LogP contribution in [0.3, 0.4) is 0 Å². The molecule has 0 radical (unpaired) electrons. The van der Waals surface area contributed by atoms with Crippen LogP contribution in [-0.2, 0) is 13.0 Å². The van der Waals surface area contributed by atoms with E-state index in [1.54, 1.807) is 16.8 Å². The molecule has 2 aromatic rings. The van der Waals surface area contributed by atoms with Crippen molar-refractivity contribution in [3.05, 3.63) is 41.2 Å². The maximum absolute atomic E-state index is 12.1. The van der Waals surface area contributed by atoms with Crippen molar-refractivity contribution in [1.29, 1.82) is 0 Å². The average Bonchev–Trinajstić information content (AvgIpc) is 2.75. The van der Waals surface area contributed by atoms with E-state index in [4.69, 9.17) is 11.6 Å². The SMILES string of the molecule is CC(C)Cn1ncnc1CC(=O)c1ccnc(Cl)c1. The highest BCUT2D eigenvalue weighted by Crippen LogP contribution is 2.10. The normalized spacial score (nSPS) is 10.9. The predicted molar refractivity (Wildman–Crippen MR) is 72.1 cm³/mol. The number of carbonyl (C=O) groups excluding carboxylic acids is 1. The van der Waals surface area contributed by atoms with Gasteiger partial charge in [0.05, 0.1) is 6.42 Å². The summed E-state index contributed by atoms with van der Waals surface area (Å²) in [6, 6.07) is 3.21. The van der Waals surface area contributed by atoms with Gasteiger partial charge in [0.2, 0.25) is 0 Å². The van der Waals surface area contributed by atoms with Crippen molar-refractivity contribution in [2.24, 2.45) is 5.92 Å². The molecule has 2 heterocycles. The predicted octanol–water partition coefficient (Wildman–Crippen LogP) is 2.41. The highest BCUT2D eigenvalue weighted by molar-refractivity contribution is 6.29. The Bertz CT molecular complexity index is 580. The highest BCUT2D eigenvalue weighted by atomic mass is 35.5. The van der Waals surface area contributed by atoms with Gasteiger partial charge in [-0.1, -0.05) is 25.4 Å². The van der Waals surface area contributed by atoms with E-state index in [2.05, 4.69) is 28.9 Å². The Kier molecular flexibility index (Phi) is 4.27. The number of Topliss-reactive ketones (excluding diaryl/α,β-unsaturated/α-hetero) is 1. The summed E-state index contributed by atoms with van der Waals surface area (Å²) in [7, 11) is 0. The number of ketones is 1. The lowest BCUT2D eigenvalue weighted by molar-refractivity contribution is 0.0989. The van der Waals surface area contributed by atoms with Crippen LogP contribution in [-0.4, -0.2) is 25.5 Å². The van der Waals surface area contributed by atoms with E-state index < -0.39 is 0 Å². The molecule has 19 heavy (non-hydrogen) atoms. The van der Waals surface area contributed by atoms with Gasteiger partial charge in [-0.2, -0.15) is 5.10 Å². The molecule has 0 unspecified atom stereocenters. The molecule has 0 atom stereocenters. The Morgan fingerprint density at radius 2 is 2.21 bits per heavy atom. The number of pyridine rings is 1. The Morgan fingerprint density at radius 1 is 1.42 bits per heavy atom. The van der Waals surface area contributed by atoms with Crippen molar-refractivity contribution in [2.45, 2.75) is 26.8 Å². The topological polar surface area (TPSA) is 60.7 Å². The lowest BCUT2D eigenvalue weighted by atomic mass is 10.1. The maximum Gasteiger partial charge on any atom is 0.170 e. The second kappa shape index (κ2) is 5.93. The van der Waals surface area contributed by atoms with E-state index in [-0.39, 0.29) is 12.2 Å². The van der Waals surface area contributed by atoms with Gasteiger partial charge in [0.15, 0.2) is 5.78 Å². The van der Waals surface area contributed by atoms with Gasteiger partial charge in [-0.25, -0.2) is 14.6 Å². The lowest BCUT2D eigenvalue weighted by Gasteiger charge is -2.08. The summed E-state index contributed by atoms with van der Waals surface area (Å²) in [4.78, 5) is 20.1. The Labute approximate surface area is 116 Å². The molecule has 0 aromatic carbocycles. The summed E-state index contributed by atoms with van der Waals surface area (Å²) in [6.45, 7) is 4.94. The molecule has 0 saturated heterocycles. The largest absolute Gasteiger partial charge is 0.294 e. The molecule has 0 N–H and O–H groups in total. The fourth-order valence-electron chi connectivity index (χ4n) is 1.74. The fourth-order valence-corrected chi connectivity index (χ4v) is 1.92. The van der Waals surface area contributed by atoms with Gasteiger partial charge in [-0.3, -0.25) is 4.79 Å². The van der Waals surface area contributed by atoms with Crippen LogP contribution in [0.15, 0.2) is 24.7 Å². The van der Waals surface area contributed by atoms with Crippen molar-refractivity contribution in [3.63, 3.8) is 0 Å². The number of halogens is 1. The second-order valence-corrected chi connectivity index (χ2v) is 5.11. The molecule has 0 fully saturated rings. The van der Waals surface area contributed by atoms with Crippen LogP contribution >= 0.6 is 11.6 Å². The molecule has 5 nitrogen and oxygen atoms in total. The third-order valence-corrected chi connectivity index (χ3v) is 2.81. The number of hydrogen-bond acceptors (Lipinski definition) is 4. The third-order valence-electron chi connectivity index (χ3n) is 2.60. The van der Waals surface area contributed by atoms with Crippen molar-refractivity contribution in [2.75, 3.05) is 0 Å². The fraction of sp³-hybridized carbons (Fsp3) is 0.385. The van der Waals surface area contributed by atoms with Crippen LogP contribution in [0.4, 0.5) is 0 Å². The summed E-state index contributed by atoms with van der Waals surface area (Å²) in [5.41, 5.74) is 0.541. The van der Waals surface area contributed by atoms with Gasteiger partial charge in [-0.15, -0.1) is 0 Å². The van der Waals surface area contributed by atoms with Gasteiger partial charge >= 0.3 is 0 Å². The van der Waals surface area contributed by atoms with Crippen molar-refractivity contribution >= 4 is 17.4 Å². The molecule has 0 aliphatic rings. The zero-order chi connectivity index (χ0) is 13.8. The smallest absolute Gasteiger partial charge is 0.170 e. The molecular formula is C13H15ClN4O. The van der Waals surface area contributed by atoms with Gasteiger partial charge in [-0.05, 0) is 18.1 Å². The summed E-state index contributed by atoms with van der Waals surface area (Å²) in [5.74, 6) is 1.08. The quantitative estimate of drug-likeness (QED) is 0.622. The van der Waals surface area contributed by atoms with Crippen molar-refractivity contribution in [3.8, 4) is 0 Å². The first kappa shape index (κ1) is 13.7. The molecule has 6 heteroatoms. The Balaban J connectivity index is 2.13. The Hall–Kier alpha value is -1.75. The lowest BCUT2D eigenvalue weighted by Crippen LogP contribution is -2.14. The molecule has 0 bridgehead atoms. The second-order valence-electron chi connectivity index (χ2n) is 4.72. The molecule has 0 aliphatic heterocycles. The van der Waals surface area contributed by atoms with Crippen molar-refractivity contribution in [1.82, 2.24) is 19.7 Å². The molecule has 2 aromatic heterocycles. The number of carbonyl (C=O) groups is 1. The van der Waals surface area contributed by atoms with E-state index >= 15 is 0 Å². The molecule has 100 valence electrons. The summed E-state index contributed by atoms with van der Waals surface area (Å²) in [5, 5.41) is 4.45. The van der Waals surface area contributed by atoms with Crippen LogP contribution < -0.4 is 0 Å². The van der Waals surface area contributed by atoms with Gasteiger partial charge in [0.25, 0.3) is 0 Å². The first-order valence-corrected chi connectivity index (χ1v) is 6.45. The van der Waals surface area contributed by atoms with E-state index in [0.717, 1.165) is 6.54 Å². The minimum atomic E-state index is -0.0395.